The van der Waals surface area contributed by atoms with E-state index in [1.165, 1.54) is 0 Å². The largest absolute Gasteiger partial charge is 0.339 e. The van der Waals surface area contributed by atoms with Crippen LogP contribution in [0.2, 0.25) is 0 Å². The number of anilines is 2. The average Bonchev–Trinajstić information content (AvgIpc) is 3.09. The van der Waals surface area contributed by atoms with E-state index in [4.69, 9.17) is 0 Å². The Kier molecular flexibility index (Phi) is 3.03. The van der Waals surface area contributed by atoms with Gasteiger partial charge in [-0.15, -0.1) is 0 Å². The average molecular weight is 343 g/mol. The molecule has 0 amide bonds. The molecule has 10 heteroatoms. The zero-order valence-corrected chi connectivity index (χ0v) is 13.7. The van der Waals surface area contributed by atoms with Crippen molar-refractivity contribution in [3.8, 4) is 0 Å². The number of hydrogen-bond donors (Lipinski definition) is 2. The first-order valence-corrected chi connectivity index (χ1v) is 8.91. The van der Waals surface area contributed by atoms with Crippen LogP contribution in [0.3, 0.4) is 0 Å². The third kappa shape index (κ3) is 2.27. The molecule has 0 atom stereocenters. The van der Waals surface area contributed by atoms with E-state index in [9.17, 15) is 8.42 Å². The summed E-state index contributed by atoms with van der Waals surface area (Å²) in [5.74, 6) is 0.614. The highest BCUT2D eigenvalue weighted by atomic mass is 32.2. The molecule has 0 unspecified atom stereocenters. The molecule has 0 aliphatic heterocycles. The first-order chi connectivity index (χ1) is 11.4. The standard InChI is InChI=1S/C14H13N7O2S/c1-21-10-7-8(3-4-9(10)14(20-21)24(2,22)23)17-13-11-12(18-19-13)16-6-5-15-11/h3-7H,1-2H3,(H2,16,17,18,19). The molecule has 0 aliphatic carbocycles. The fourth-order valence-electron chi connectivity index (χ4n) is 2.56. The molecule has 0 saturated carbocycles. The van der Waals surface area contributed by atoms with Gasteiger partial charge in [-0.3, -0.25) is 9.78 Å². The molecule has 3 aromatic heterocycles. The number of aromatic nitrogens is 6. The summed E-state index contributed by atoms with van der Waals surface area (Å²) >= 11 is 0. The molecular formula is C14H13N7O2S. The second-order valence-electron chi connectivity index (χ2n) is 5.39. The summed E-state index contributed by atoms with van der Waals surface area (Å²) in [5.41, 5.74) is 2.59. The van der Waals surface area contributed by atoms with Crippen molar-refractivity contribution in [1.29, 1.82) is 0 Å². The molecule has 0 radical (unpaired) electrons. The van der Waals surface area contributed by atoms with Crippen LogP contribution in [0.1, 0.15) is 0 Å². The molecule has 0 fully saturated rings. The van der Waals surface area contributed by atoms with Crippen LogP contribution in [0, 0.1) is 0 Å². The van der Waals surface area contributed by atoms with Gasteiger partial charge in [0.25, 0.3) is 0 Å². The van der Waals surface area contributed by atoms with Gasteiger partial charge in [0.2, 0.25) is 5.65 Å². The number of nitrogens with zero attached hydrogens (tertiary/aromatic N) is 5. The number of fused-ring (bicyclic) bond motifs is 2. The second-order valence-corrected chi connectivity index (χ2v) is 7.32. The van der Waals surface area contributed by atoms with Crippen molar-refractivity contribution in [2.45, 2.75) is 5.03 Å². The minimum Gasteiger partial charge on any atom is -0.339 e. The van der Waals surface area contributed by atoms with Gasteiger partial charge in [0, 0.05) is 36.8 Å². The maximum atomic E-state index is 11.8. The van der Waals surface area contributed by atoms with Crippen LogP contribution in [-0.4, -0.2) is 44.6 Å². The molecule has 4 aromatic rings. The minimum atomic E-state index is -3.39. The number of aromatic amines is 1. The second kappa shape index (κ2) is 4.99. The lowest BCUT2D eigenvalue weighted by atomic mass is 10.2. The van der Waals surface area contributed by atoms with Crippen LogP contribution in [0.5, 0.6) is 0 Å². The highest BCUT2D eigenvalue weighted by Crippen LogP contribution is 2.27. The molecule has 4 rings (SSSR count). The van der Waals surface area contributed by atoms with Gasteiger partial charge < -0.3 is 5.32 Å². The summed E-state index contributed by atoms with van der Waals surface area (Å²) in [6, 6.07) is 5.33. The molecule has 24 heavy (non-hydrogen) atoms. The van der Waals surface area contributed by atoms with Crippen molar-refractivity contribution in [3.63, 3.8) is 0 Å². The smallest absolute Gasteiger partial charge is 0.201 e. The zero-order valence-electron chi connectivity index (χ0n) is 12.8. The molecular weight excluding hydrogens is 330 g/mol. The lowest BCUT2D eigenvalue weighted by Gasteiger charge is -2.04. The fourth-order valence-corrected chi connectivity index (χ4v) is 3.40. The molecule has 3 heterocycles. The lowest BCUT2D eigenvalue weighted by molar-refractivity contribution is 0.595. The van der Waals surface area contributed by atoms with Crippen molar-refractivity contribution in [1.82, 2.24) is 29.9 Å². The van der Waals surface area contributed by atoms with Crippen LogP contribution in [0.15, 0.2) is 35.6 Å². The molecule has 0 saturated heterocycles. The van der Waals surface area contributed by atoms with Gasteiger partial charge >= 0.3 is 0 Å². The van der Waals surface area contributed by atoms with E-state index in [-0.39, 0.29) is 5.03 Å². The monoisotopic (exact) mass is 343 g/mol. The van der Waals surface area contributed by atoms with Crippen LogP contribution < -0.4 is 5.32 Å². The highest BCUT2D eigenvalue weighted by Gasteiger charge is 2.18. The number of hydrogen-bond acceptors (Lipinski definition) is 7. The van der Waals surface area contributed by atoms with E-state index in [0.29, 0.717) is 27.9 Å². The van der Waals surface area contributed by atoms with Crippen LogP contribution in [0.4, 0.5) is 11.5 Å². The number of aryl methyl sites for hydroxylation is 1. The first-order valence-electron chi connectivity index (χ1n) is 7.02. The molecule has 2 N–H and O–H groups in total. The van der Waals surface area contributed by atoms with Gasteiger partial charge in [-0.2, -0.15) is 10.2 Å². The van der Waals surface area contributed by atoms with Crippen molar-refractivity contribution < 1.29 is 8.42 Å². The first kappa shape index (κ1) is 14.6. The minimum absolute atomic E-state index is 0.0735. The zero-order chi connectivity index (χ0) is 16.9. The summed E-state index contributed by atoms with van der Waals surface area (Å²) in [4.78, 5) is 8.35. The van der Waals surface area contributed by atoms with Gasteiger partial charge in [-0.1, -0.05) is 0 Å². The van der Waals surface area contributed by atoms with E-state index < -0.39 is 9.84 Å². The third-order valence-corrected chi connectivity index (χ3v) is 4.63. The Bertz CT molecular complexity index is 1180. The van der Waals surface area contributed by atoms with Gasteiger partial charge in [0.05, 0.1) is 5.52 Å². The number of H-pyrrole nitrogens is 1. The predicted octanol–water partition coefficient (Wildman–Crippen LogP) is 1.39. The van der Waals surface area contributed by atoms with Gasteiger partial charge in [-0.25, -0.2) is 18.4 Å². The maximum Gasteiger partial charge on any atom is 0.201 e. The number of nitrogens with one attached hydrogen (secondary N) is 2. The molecule has 0 spiro atoms. The van der Waals surface area contributed by atoms with E-state index in [0.717, 1.165) is 11.9 Å². The summed E-state index contributed by atoms with van der Waals surface area (Å²) < 4.78 is 25.2. The van der Waals surface area contributed by atoms with E-state index in [2.05, 4.69) is 30.6 Å². The van der Waals surface area contributed by atoms with E-state index in [1.807, 2.05) is 6.07 Å². The molecule has 0 bridgehead atoms. The summed E-state index contributed by atoms with van der Waals surface area (Å²) in [7, 11) is -1.68. The quantitative estimate of drug-likeness (QED) is 0.577. The summed E-state index contributed by atoms with van der Waals surface area (Å²) in [6.07, 6.45) is 4.31. The van der Waals surface area contributed by atoms with Crippen LogP contribution in [0.25, 0.3) is 22.1 Å². The lowest BCUT2D eigenvalue weighted by Crippen LogP contribution is -1.99. The van der Waals surface area contributed by atoms with Gasteiger partial charge in [0.1, 0.15) is 0 Å². The number of rotatable bonds is 3. The fraction of sp³-hybridized carbons (Fsp3) is 0.143. The molecule has 9 nitrogen and oxygen atoms in total. The summed E-state index contributed by atoms with van der Waals surface area (Å²) in [6.45, 7) is 0. The van der Waals surface area contributed by atoms with E-state index in [1.54, 1.807) is 36.3 Å². The topological polar surface area (TPSA) is 118 Å². The van der Waals surface area contributed by atoms with Crippen LogP contribution in [-0.2, 0) is 16.9 Å². The normalized spacial score (nSPS) is 12.1. The number of sulfone groups is 1. The number of benzene rings is 1. The van der Waals surface area contributed by atoms with E-state index >= 15 is 0 Å². The molecule has 0 aliphatic rings. The van der Waals surface area contributed by atoms with Crippen molar-refractivity contribution in [3.05, 3.63) is 30.6 Å². The van der Waals surface area contributed by atoms with Crippen LogP contribution >= 0.6 is 0 Å². The SMILES string of the molecule is Cn1nc(S(C)(=O)=O)c2ccc(Nc3[nH]nc4nccnc34)cc21. The highest BCUT2D eigenvalue weighted by molar-refractivity contribution is 7.90. The Balaban J connectivity index is 1.80. The Morgan fingerprint density at radius 2 is 2.00 bits per heavy atom. The molecule has 1 aromatic carbocycles. The molecule has 122 valence electrons. The van der Waals surface area contributed by atoms with Gasteiger partial charge in [0.15, 0.2) is 26.2 Å². The Labute approximate surface area is 136 Å². The Morgan fingerprint density at radius 3 is 2.79 bits per heavy atom. The van der Waals surface area contributed by atoms with Crippen molar-refractivity contribution in [2.75, 3.05) is 11.6 Å². The predicted molar refractivity (Wildman–Crippen MR) is 88.8 cm³/mol. The summed E-state index contributed by atoms with van der Waals surface area (Å²) in [5, 5.41) is 14.9. The van der Waals surface area contributed by atoms with Gasteiger partial charge in [-0.05, 0) is 18.2 Å². The van der Waals surface area contributed by atoms with Crippen molar-refractivity contribution in [2.24, 2.45) is 7.05 Å². The third-order valence-electron chi connectivity index (χ3n) is 3.63. The maximum absolute atomic E-state index is 11.8. The Hall–Kier alpha value is -3.01. The van der Waals surface area contributed by atoms with Crippen molar-refractivity contribution >= 4 is 43.4 Å². The Morgan fingerprint density at radius 1 is 1.21 bits per heavy atom.